The Morgan fingerprint density at radius 1 is 1.43 bits per heavy atom. The van der Waals surface area contributed by atoms with E-state index < -0.39 is 0 Å². The number of hydrogen-bond acceptors (Lipinski definition) is 5. The second kappa shape index (κ2) is 7.52. The van der Waals surface area contributed by atoms with E-state index in [-0.39, 0.29) is 23.9 Å². The van der Waals surface area contributed by atoms with E-state index >= 15 is 0 Å². The van der Waals surface area contributed by atoms with Crippen molar-refractivity contribution < 1.29 is 4.79 Å². The molecule has 0 aliphatic carbocycles. The maximum atomic E-state index is 12.2. The fourth-order valence-corrected chi connectivity index (χ4v) is 3.16. The summed E-state index contributed by atoms with van der Waals surface area (Å²) in [4.78, 5) is 33.0. The van der Waals surface area contributed by atoms with Crippen LogP contribution in [0.5, 0.6) is 0 Å². The standard InChI is InChI=1S/C16H22N4O2S/c1-10-13(16(22)19-11(2)18-10)7-15(21)17-8-14(20(3)4)12-5-6-23-9-12/h5-6,9,14H,7-8H2,1-4H3,(H,17,21)(H,18,19,22)/t14-/m1/s1. The smallest absolute Gasteiger partial charge is 0.254 e. The zero-order valence-electron chi connectivity index (χ0n) is 13.8. The number of carbonyl (C=O) groups is 1. The molecule has 0 radical (unpaired) electrons. The van der Waals surface area contributed by atoms with E-state index in [9.17, 15) is 9.59 Å². The first-order valence-corrected chi connectivity index (χ1v) is 8.34. The lowest BCUT2D eigenvalue weighted by molar-refractivity contribution is -0.120. The molecule has 124 valence electrons. The molecule has 2 aromatic rings. The quantitative estimate of drug-likeness (QED) is 0.837. The van der Waals surface area contributed by atoms with Crippen LogP contribution in [0.3, 0.4) is 0 Å². The highest BCUT2D eigenvalue weighted by atomic mass is 32.1. The monoisotopic (exact) mass is 334 g/mol. The largest absolute Gasteiger partial charge is 0.354 e. The molecule has 0 spiro atoms. The first kappa shape index (κ1) is 17.4. The third-order valence-electron chi connectivity index (χ3n) is 3.72. The van der Waals surface area contributed by atoms with Gasteiger partial charge in [-0.3, -0.25) is 9.59 Å². The second-order valence-electron chi connectivity index (χ2n) is 5.73. The summed E-state index contributed by atoms with van der Waals surface area (Å²) in [6, 6.07) is 2.17. The highest BCUT2D eigenvalue weighted by molar-refractivity contribution is 7.07. The number of nitrogens with one attached hydrogen (secondary N) is 2. The predicted molar refractivity (Wildman–Crippen MR) is 91.8 cm³/mol. The molecule has 1 amide bonds. The number of nitrogens with zero attached hydrogens (tertiary/aromatic N) is 2. The van der Waals surface area contributed by atoms with Crippen molar-refractivity contribution >= 4 is 17.2 Å². The van der Waals surface area contributed by atoms with Crippen molar-refractivity contribution in [3.63, 3.8) is 0 Å². The predicted octanol–water partition coefficient (Wildman–Crippen LogP) is 1.41. The Bertz CT molecular complexity index is 722. The third-order valence-corrected chi connectivity index (χ3v) is 4.42. The van der Waals surface area contributed by atoms with Gasteiger partial charge in [-0.05, 0) is 50.3 Å². The van der Waals surface area contributed by atoms with Crippen molar-refractivity contribution in [1.29, 1.82) is 0 Å². The van der Waals surface area contributed by atoms with Gasteiger partial charge in [-0.2, -0.15) is 11.3 Å². The summed E-state index contributed by atoms with van der Waals surface area (Å²) in [6.45, 7) is 3.97. The minimum absolute atomic E-state index is 0.0399. The van der Waals surface area contributed by atoms with Crippen LogP contribution in [-0.4, -0.2) is 41.4 Å². The molecule has 2 N–H and O–H groups in total. The van der Waals surface area contributed by atoms with Crippen LogP contribution >= 0.6 is 11.3 Å². The van der Waals surface area contributed by atoms with E-state index in [0.29, 0.717) is 23.6 Å². The number of aryl methyl sites for hydroxylation is 2. The Hall–Kier alpha value is -1.99. The van der Waals surface area contributed by atoms with Crippen molar-refractivity contribution in [3.05, 3.63) is 49.8 Å². The summed E-state index contributed by atoms with van der Waals surface area (Å²) < 4.78 is 0. The molecule has 2 aromatic heterocycles. The van der Waals surface area contributed by atoms with Crippen LogP contribution in [0.4, 0.5) is 0 Å². The molecule has 23 heavy (non-hydrogen) atoms. The van der Waals surface area contributed by atoms with E-state index in [1.807, 2.05) is 19.5 Å². The Morgan fingerprint density at radius 3 is 2.74 bits per heavy atom. The van der Waals surface area contributed by atoms with E-state index in [0.717, 1.165) is 0 Å². The number of H-pyrrole nitrogens is 1. The fraction of sp³-hybridized carbons (Fsp3) is 0.438. The number of amides is 1. The second-order valence-corrected chi connectivity index (χ2v) is 6.51. The van der Waals surface area contributed by atoms with Gasteiger partial charge in [-0.25, -0.2) is 4.98 Å². The molecule has 2 heterocycles. The molecule has 2 rings (SSSR count). The van der Waals surface area contributed by atoms with Gasteiger partial charge in [0.15, 0.2) is 0 Å². The average molecular weight is 334 g/mol. The summed E-state index contributed by atoms with van der Waals surface area (Å²) in [5, 5.41) is 7.01. The van der Waals surface area contributed by atoms with Gasteiger partial charge in [0.2, 0.25) is 5.91 Å². The number of likely N-dealkylation sites (N-methyl/N-ethyl adjacent to an activating group) is 1. The van der Waals surface area contributed by atoms with Gasteiger partial charge in [0.25, 0.3) is 5.56 Å². The molecule has 6 nitrogen and oxygen atoms in total. The molecular weight excluding hydrogens is 312 g/mol. The van der Waals surface area contributed by atoms with Crippen LogP contribution in [0, 0.1) is 13.8 Å². The number of aromatic nitrogens is 2. The number of hydrogen-bond donors (Lipinski definition) is 2. The molecule has 0 saturated carbocycles. The Balaban J connectivity index is 2.01. The molecule has 1 atom stereocenters. The van der Waals surface area contributed by atoms with Gasteiger partial charge in [0, 0.05) is 17.8 Å². The van der Waals surface area contributed by atoms with Crippen LogP contribution < -0.4 is 10.9 Å². The highest BCUT2D eigenvalue weighted by Gasteiger charge is 2.17. The highest BCUT2D eigenvalue weighted by Crippen LogP contribution is 2.19. The normalized spacial score (nSPS) is 12.4. The van der Waals surface area contributed by atoms with Crippen molar-refractivity contribution in [2.24, 2.45) is 0 Å². The topological polar surface area (TPSA) is 78.1 Å². The van der Waals surface area contributed by atoms with Gasteiger partial charge >= 0.3 is 0 Å². The van der Waals surface area contributed by atoms with E-state index in [1.54, 1.807) is 25.2 Å². The molecular formula is C16H22N4O2S. The molecule has 0 unspecified atom stereocenters. The first-order chi connectivity index (χ1) is 10.9. The minimum Gasteiger partial charge on any atom is -0.354 e. The summed E-state index contributed by atoms with van der Waals surface area (Å²) in [6.07, 6.45) is 0.0399. The lowest BCUT2D eigenvalue weighted by Gasteiger charge is -2.24. The van der Waals surface area contributed by atoms with Crippen LogP contribution in [0.15, 0.2) is 21.6 Å². The first-order valence-electron chi connectivity index (χ1n) is 7.40. The zero-order chi connectivity index (χ0) is 17.0. The maximum Gasteiger partial charge on any atom is 0.254 e. The molecule has 0 aromatic carbocycles. The average Bonchev–Trinajstić information content (AvgIpc) is 2.96. The number of thiophene rings is 1. The molecule has 0 aliphatic rings. The number of aromatic amines is 1. The Morgan fingerprint density at radius 2 is 2.17 bits per heavy atom. The molecule has 0 fully saturated rings. The Labute approximate surface area is 139 Å². The molecule has 7 heteroatoms. The summed E-state index contributed by atoms with van der Waals surface area (Å²) in [5.41, 5.74) is 1.95. The Kier molecular flexibility index (Phi) is 5.68. The van der Waals surface area contributed by atoms with Crippen molar-refractivity contribution in [2.45, 2.75) is 26.3 Å². The van der Waals surface area contributed by atoms with Gasteiger partial charge in [-0.15, -0.1) is 0 Å². The van der Waals surface area contributed by atoms with E-state index in [4.69, 9.17) is 0 Å². The summed E-state index contributed by atoms with van der Waals surface area (Å²) >= 11 is 1.63. The zero-order valence-corrected chi connectivity index (χ0v) is 14.7. The lowest BCUT2D eigenvalue weighted by atomic mass is 10.1. The van der Waals surface area contributed by atoms with Crippen LogP contribution in [-0.2, 0) is 11.2 Å². The number of carbonyl (C=O) groups excluding carboxylic acids is 1. The van der Waals surface area contributed by atoms with Crippen molar-refractivity contribution in [1.82, 2.24) is 20.2 Å². The number of rotatable bonds is 6. The third kappa shape index (κ3) is 4.49. The van der Waals surface area contributed by atoms with Gasteiger partial charge < -0.3 is 15.2 Å². The van der Waals surface area contributed by atoms with E-state index in [2.05, 4.69) is 31.6 Å². The summed E-state index contributed by atoms with van der Waals surface area (Å²) in [7, 11) is 3.96. The van der Waals surface area contributed by atoms with Crippen LogP contribution in [0.2, 0.25) is 0 Å². The summed E-state index contributed by atoms with van der Waals surface area (Å²) in [5.74, 6) is 0.383. The van der Waals surface area contributed by atoms with Gasteiger partial charge in [0.05, 0.1) is 12.5 Å². The fourth-order valence-electron chi connectivity index (χ4n) is 2.46. The maximum absolute atomic E-state index is 12.2. The van der Waals surface area contributed by atoms with Crippen LogP contribution in [0.25, 0.3) is 0 Å². The van der Waals surface area contributed by atoms with Crippen molar-refractivity contribution in [3.8, 4) is 0 Å². The van der Waals surface area contributed by atoms with Crippen LogP contribution in [0.1, 0.15) is 28.7 Å². The molecule has 0 aliphatic heterocycles. The van der Waals surface area contributed by atoms with Gasteiger partial charge in [0.1, 0.15) is 5.82 Å². The molecule has 0 bridgehead atoms. The van der Waals surface area contributed by atoms with Gasteiger partial charge in [-0.1, -0.05) is 0 Å². The van der Waals surface area contributed by atoms with Crippen molar-refractivity contribution in [2.75, 3.05) is 20.6 Å². The minimum atomic E-state index is -0.243. The SMILES string of the molecule is Cc1nc(C)c(CC(=O)NC[C@H](c2ccsc2)N(C)C)c(=O)[nH]1. The lowest BCUT2D eigenvalue weighted by Crippen LogP contribution is -2.36. The molecule has 0 saturated heterocycles. The van der Waals surface area contributed by atoms with E-state index in [1.165, 1.54) is 5.56 Å².